The van der Waals surface area contributed by atoms with Crippen molar-refractivity contribution in [2.24, 2.45) is 5.92 Å². The average Bonchev–Trinajstić information content (AvgIpc) is 2.95. The largest absolute Gasteiger partial charge is 0.236 e. The molecule has 0 radical (unpaired) electrons. The van der Waals surface area contributed by atoms with Crippen molar-refractivity contribution in [3.8, 4) is 0 Å². The Labute approximate surface area is 134 Å². The molecule has 0 amide bonds. The highest BCUT2D eigenvalue weighted by Gasteiger charge is 2.27. The number of aromatic nitrogens is 2. The van der Waals surface area contributed by atoms with Crippen LogP contribution >= 0.6 is 27.5 Å². The van der Waals surface area contributed by atoms with Crippen molar-refractivity contribution in [2.45, 2.75) is 70.1 Å². The molecular formula is C16H22BrClN2. The first-order chi connectivity index (χ1) is 9.65. The van der Waals surface area contributed by atoms with Gasteiger partial charge in [0.25, 0.3) is 0 Å². The van der Waals surface area contributed by atoms with Crippen LogP contribution in [0.15, 0.2) is 4.47 Å². The second-order valence-corrected chi connectivity index (χ2v) is 7.67. The van der Waals surface area contributed by atoms with E-state index in [1.54, 1.807) is 0 Å². The van der Waals surface area contributed by atoms with Crippen LogP contribution in [0.1, 0.15) is 81.6 Å². The van der Waals surface area contributed by atoms with Gasteiger partial charge in [0, 0.05) is 11.8 Å². The second kappa shape index (κ2) is 6.31. The van der Waals surface area contributed by atoms with Crippen molar-refractivity contribution in [3.63, 3.8) is 0 Å². The molecule has 1 aromatic rings. The summed E-state index contributed by atoms with van der Waals surface area (Å²) in [6.45, 7) is 2.34. The van der Waals surface area contributed by atoms with E-state index in [1.807, 2.05) is 0 Å². The predicted molar refractivity (Wildman–Crippen MR) is 86.3 cm³/mol. The first kappa shape index (κ1) is 14.8. The van der Waals surface area contributed by atoms with E-state index in [-0.39, 0.29) is 0 Å². The molecule has 0 N–H and O–H groups in total. The molecule has 0 bridgehead atoms. The van der Waals surface area contributed by atoms with E-state index in [4.69, 9.17) is 16.6 Å². The fourth-order valence-electron chi connectivity index (χ4n) is 3.77. The third-order valence-corrected chi connectivity index (χ3v) is 6.18. The number of rotatable bonds is 2. The van der Waals surface area contributed by atoms with Crippen LogP contribution in [-0.4, -0.2) is 9.97 Å². The topological polar surface area (TPSA) is 25.8 Å². The smallest absolute Gasteiger partial charge is 0.147 e. The molecule has 2 nitrogen and oxygen atoms in total. The molecule has 0 spiro atoms. The molecule has 4 heteroatoms. The van der Waals surface area contributed by atoms with Crippen LogP contribution in [0.2, 0.25) is 5.15 Å². The Morgan fingerprint density at radius 3 is 2.40 bits per heavy atom. The summed E-state index contributed by atoms with van der Waals surface area (Å²) >= 11 is 9.96. The van der Waals surface area contributed by atoms with Gasteiger partial charge in [0.2, 0.25) is 0 Å². The Bertz CT molecular complexity index is 486. The van der Waals surface area contributed by atoms with E-state index in [2.05, 4.69) is 27.8 Å². The average molecular weight is 358 g/mol. The molecule has 1 aromatic heterocycles. The SMILES string of the molecule is CC1CCCC(c2nc(Cl)c(Br)c(C3CCCC3)n2)C1. The summed E-state index contributed by atoms with van der Waals surface area (Å²) in [5.41, 5.74) is 1.16. The van der Waals surface area contributed by atoms with Gasteiger partial charge >= 0.3 is 0 Å². The van der Waals surface area contributed by atoms with E-state index < -0.39 is 0 Å². The third-order valence-electron chi connectivity index (χ3n) is 4.90. The molecule has 0 aromatic carbocycles. The summed E-state index contributed by atoms with van der Waals surface area (Å²) in [5.74, 6) is 2.86. The lowest BCUT2D eigenvalue weighted by Gasteiger charge is -2.26. The number of hydrogen-bond acceptors (Lipinski definition) is 2. The zero-order valence-electron chi connectivity index (χ0n) is 12.0. The fourth-order valence-corrected chi connectivity index (χ4v) is 4.46. The number of nitrogens with zero attached hydrogens (tertiary/aromatic N) is 2. The van der Waals surface area contributed by atoms with Crippen molar-refractivity contribution in [1.29, 1.82) is 0 Å². The molecule has 2 aliphatic carbocycles. The molecule has 0 saturated heterocycles. The van der Waals surface area contributed by atoms with Crippen LogP contribution in [0.5, 0.6) is 0 Å². The predicted octanol–water partition coefficient (Wildman–Crippen LogP) is 5.84. The first-order valence-electron chi connectivity index (χ1n) is 7.88. The van der Waals surface area contributed by atoms with Crippen molar-refractivity contribution in [1.82, 2.24) is 9.97 Å². The Morgan fingerprint density at radius 2 is 1.70 bits per heavy atom. The number of hydrogen-bond donors (Lipinski definition) is 0. The molecule has 20 heavy (non-hydrogen) atoms. The first-order valence-corrected chi connectivity index (χ1v) is 9.05. The lowest BCUT2D eigenvalue weighted by Crippen LogP contribution is -2.16. The molecule has 1 heterocycles. The maximum Gasteiger partial charge on any atom is 0.147 e. The molecule has 2 aliphatic rings. The second-order valence-electron chi connectivity index (χ2n) is 6.52. The fraction of sp³-hybridized carbons (Fsp3) is 0.750. The Balaban J connectivity index is 1.91. The van der Waals surface area contributed by atoms with Crippen LogP contribution in [-0.2, 0) is 0 Å². The summed E-state index contributed by atoms with van der Waals surface area (Å²) in [4.78, 5) is 9.50. The summed E-state index contributed by atoms with van der Waals surface area (Å²) in [6.07, 6.45) is 10.2. The lowest BCUT2D eigenvalue weighted by molar-refractivity contribution is 0.334. The summed E-state index contributed by atoms with van der Waals surface area (Å²) in [5, 5.41) is 0.607. The van der Waals surface area contributed by atoms with Crippen LogP contribution in [0.3, 0.4) is 0 Å². The van der Waals surface area contributed by atoms with Gasteiger partial charge in [-0.05, 0) is 47.5 Å². The standard InChI is InChI=1S/C16H22BrClN2/c1-10-5-4-8-12(9-10)16-19-14(11-6-2-3-7-11)13(17)15(18)20-16/h10-12H,2-9H2,1H3. The minimum atomic E-state index is 0.504. The van der Waals surface area contributed by atoms with E-state index in [1.165, 1.54) is 51.4 Å². The third kappa shape index (κ3) is 3.04. The zero-order chi connectivity index (χ0) is 14.1. The summed E-state index contributed by atoms with van der Waals surface area (Å²) in [6, 6.07) is 0. The highest BCUT2D eigenvalue weighted by atomic mass is 79.9. The van der Waals surface area contributed by atoms with Crippen molar-refractivity contribution >= 4 is 27.5 Å². The molecule has 2 saturated carbocycles. The highest BCUT2D eigenvalue weighted by Crippen LogP contribution is 2.41. The Hall–Kier alpha value is -0.150. The molecule has 110 valence electrons. The van der Waals surface area contributed by atoms with Crippen molar-refractivity contribution < 1.29 is 0 Å². The van der Waals surface area contributed by atoms with E-state index in [9.17, 15) is 0 Å². The lowest BCUT2D eigenvalue weighted by atomic mass is 9.82. The quantitative estimate of drug-likeness (QED) is 0.621. The van der Waals surface area contributed by atoms with Gasteiger partial charge in [-0.1, -0.05) is 44.2 Å². The van der Waals surface area contributed by atoms with Gasteiger partial charge in [0.1, 0.15) is 11.0 Å². The van der Waals surface area contributed by atoms with Gasteiger partial charge in [-0.3, -0.25) is 0 Å². The molecule has 0 aliphatic heterocycles. The molecule has 2 unspecified atom stereocenters. The number of halogens is 2. The van der Waals surface area contributed by atoms with Crippen molar-refractivity contribution in [3.05, 3.63) is 21.1 Å². The monoisotopic (exact) mass is 356 g/mol. The van der Waals surface area contributed by atoms with Gasteiger partial charge in [-0.2, -0.15) is 0 Å². The van der Waals surface area contributed by atoms with Gasteiger partial charge in [-0.15, -0.1) is 0 Å². The van der Waals surface area contributed by atoms with Crippen LogP contribution in [0.25, 0.3) is 0 Å². The molecule has 2 fully saturated rings. The van der Waals surface area contributed by atoms with Crippen molar-refractivity contribution in [2.75, 3.05) is 0 Å². The maximum atomic E-state index is 6.36. The van der Waals surface area contributed by atoms with Crippen LogP contribution in [0.4, 0.5) is 0 Å². The minimum absolute atomic E-state index is 0.504. The maximum absolute atomic E-state index is 6.36. The summed E-state index contributed by atoms with van der Waals surface area (Å²) in [7, 11) is 0. The van der Waals surface area contributed by atoms with Gasteiger partial charge in [0.15, 0.2) is 0 Å². The van der Waals surface area contributed by atoms with E-state index >= 15 is 0 Å². The molecule has 3 rings (SSSR count). The zero-order valence-corrected chi connectivity index (χ0v) is 14.4. The van der Waals surface area contributed by atoms with Gasteiger partial charge in [-0.25, -0.2) is 9.97 Å². The molecular weight excluding hydrogens is 336 g/mol. The minimum Gasteiger partial charge on any atom is -0.236 e. The van der Waals surface area contributed by atoms with Gasteiger partial charge < -0.3 is 0 Å². The molecule has 2 atom stereocenters. The van der Waals surface area contributed by atoms with Crippen LogP contribution in [0, 0.1) is 5.92 Å². The Kier molecular flexibility index (Phi) is 4.66. The summed E-state index contributed by atoms with van der Waals surface area (Å²) < 4.78 is 0.929. The van der Waals surface area contributed by atoms with E-state index in [0.29, 0.717) is 17.0 Å². The van der Waals surface area contributed by atoms with E-state index in [0.717, 1.165) is 21.9 Å². The van der Waals surface area contributed by atoms with Crippen LogP contribution < -0.4 is 0 Å². The Morgan fingerprint density at radius 1 is 1.00 bits per heavy atom. The highest BCUT2D eigenvalue weighted by molar-refractivity contribution is 9.10. The van der Waals surface area contributed by atoms with Gasteiger partial charge in [0.05, 0.1) is 10.2 Å². The normalized spacial score (nSPS) is 27.9.